The third kappa shape index (κ3) is 2.23. The molecule has 0 aliphatic rings. The first-order valence-electron chi connectivity index (χ1n) is 5.38. The number of hydrogen-bond acceptors (Lipinski definition) is 3. The summed E-state index contributed by atoms with van der Waals surface area (Å²) in [5, 5.41) is 0. The molecule has 0 aliphatic heterocycles. The van der Waals surface area contributed by atoms with Gasteiger partial charge in [-0.15, -0.1) is 11.6 Å². The van der Waals surface area contributed by atoms with E-state index in [9.17, 15) is 0 Å². The van der Waals surface area contributed by atoms with E-state index in [1.54, 1.807) is 14.2 Å². The molecular formula is C12H15ClN2O2. The van der Waals surface area contributed by atoms with Gasteiger partial charge in [0, 0.05) is 13.7 Å². The highest BCUT2D eigenvalue weighted by Crippen LogP contribution is 2.26. The monoisotopic (exact) mass is 254 g/mol. The predicted octanol–water partition coefficient (Wildman–Crippen LogP) is 2.43. The summed E-state index contributed by atoms with van der Waals surface area (Å²) in [7, 11) is 3.32. The lowest BCUT2D eigenvalue weighted by Gasteiger charge is -2.06. The van der Waals surface area contributed by atoms with Crippen LogP contribution < -0.4 is 4.74 Å². The van der Waals surface area contributed by atoms with Crippen LogP contribution in [-0.4, -0.2) is 30.4 Å². The number of ether oxygens (including phenoxy) is 2. The van der Waals surface area contributed by atoms with E-state index in [0.717, 1.165) is 29.2 Å². The van der Waals surface area contributed by atoms with Crippen LogP contribution in [0, 0.1) is 0 Å². The Morgan fingerprint density at radius 1 is 1.35 bits per heavy atom. The Labute approximate surface area is 105 Å². The van der Waals surface area contributed by atoms with Gasteiger partial charge in [0.05, 0.1) is 25.1 Å². The Balaban J connectivity index is 2.55. The van der Waals surface area contributed by atoms with Crippen LogP contribution in [0.2, 0.25) is 0 Å². The van der Waals surface area contributed by atoms with Gasteiger partial charge in [-0.1, -0.05) is 6.07 Å². The minimum atomic E-state index is 0.377. The van der Waals surface area contributed by atoms with Gasteiger partial charge >= 0.3 is 0 Å². The van der Waals surface area contributed by atoms with Crippen LogP contribution >= 0.6 is 11.6 Å². The van der Waals surface area contributed by atoms with Gasteiger partial charge in [-0.3, -0.25) is 0 Å². The molecule has 0 unspecified atom stereocenters. The lowest BCUT2D eigenvalue weighted by atomic mass is 10.3. The van der Waals surface area contributed by atoms with E-state index in [2.05, 4.69) is 9.55 Å². The number of nitrogens with zero attached hydrogens (tertiary/aromatic N) is 2. The van der Waals surface area contributed by atoms with Gasteiger partial charge in [0.15, 0.2) is 0 Å². The van der Waals surface area contributed by atoms with Crippen LogP contribution in [0.5, 0.6) is 5.75 Å². The second-order valence-electron chi connectivity index (χ2n) is 3.63. The van der Waals surface area contributed by atoms with Crippen molar-refractivity contribution in [3.63, 3.8) is 0 Å². The number of alkyl halides is 1. The molecule has 0 amide bonds. The number of fused-ring (bicyclic) bond motifs is 1. The van der Waals surface area contributed by atoms with Gasteiger partial charge in [-0.2, -0.15) is 0 Å². The smallest absolute Gasteiger partial charge is 0.146 e. The SMILES string of the molecule is COCCn1c(CCl)nc2c(OC)cccc21. The molecule has 1 heterocycles. The quantitative estimate of drug-likeness (QED) is 0.769. The minimum absolute atomic E-state index is 0.377. The van der Waals surface area contributed by atoms with Crippen LogP contribution in [0.25, 0.3) is 11.0 Å². The highest BCUT2D eigenvalue weighted by Gasteiger charge is 2.12. The first-order chi connectivity index (χ1) is 8.31. The average molecular weight is 255 g/mol. The molecule has 0 fully saturated rings. The second-order valence-corrected chi connectivity index (χ2v) is 3.90. The van der Waals surface area contributed by atoms with E-state index in [4.69, 9.17) is 21.1 Å². The molecule has 0 saturated heterocycles. The fourth-order valence-corrected chi connectivity index (χ4v) is 2.07. The summed E-state index contributed by atoms with van der Waals surface area (Å²) in [5.74, 6) is 1.98. The summed E-state index contributed by atoms with van der Waals surface area (Å²) in [6, 6.07) is 5.86. The summed E-state index contributed by atoms with van der Waals surface area (Å²) in [5.41, 5.74) is 1.87. The second kappa shape index (κ2) is 5.38. The number of halogens is 1. The third-order valence-corrected chi connectivity index (χ3v) is 2.92. The fourth-order valence-electron chi connectivity index (χ4n) is 1.87. The van der Waals surface area contributed by atoms with Gasteiger partial charge in [-0.25, -0.2) is 4.98 Å². The Kier molecular flexibility index (Phi) is 3.86. The molecule has 0 saturated carbocycles. The van der Waals surface area contributed by atoms with Crippen molar-refractivity contribution in [3.8, 4) is 5.75 Å². The summed E-state index contributed by atoms with van der Waals surface area (Å²) < 4.78 is 12.5. The first-order valence-corrected chi connectivity index (χ1v) is 5.92. The molecule has 92 valence electrons. The van der Waals surface area contributed by atoms with Crippen molar-refractivity contribution in [2.75, 3.05) is 20.8 Å². The highest BCUT2D eigenvalue weighted by molar-refractivity contribution is 6.16. The van der Waals surface area contributed by atoms with Crippen LogP contribution in [0.3, 0.4) is 0 Å². The Hall–Kier alpha value is -1.26. The summed E-state index contributed by atoms with van der Waals surface area (Å²) in [6.45, 7) is 1.37. The van der Waals surface area contributed by atoms with Crippen LogP contribution in [-0.2, 0) is 17.2 Å². The Morgan fingerprint density at radius 3 is 2.82 bits per heavy atom. The molecule has 0 atom stereocenters. The lowest BCUT2D eigenvalue weighted by molar-refractivity contribution is 0.187. The van der Waals surface area contributed by atoms with Gasteiger partial charge in [0.25, 0.3) is 0 Å². The number of aromatic nitrogens is 2. The molecule has 0 aliphatic carbocycles. The fraction of sp³-hybridized carbons (Fsp3) is 0.417. The van der Waals surface area contributed by atoms with E-state index in [1.807, 2.05) is 18.2 Å². The van der Waals surface area contributed by atoms with Crippen molar-refractivity contribution in [2.45, 2.75) is 12.4 Å². The molecule has 0 spiro atoms. The topological polar surface area (TPSA) is 36.3 Å². The molecule has 5 heteroatoms. The van der Waals surface area contributed by atoms with Crippen molar-refractivity contribution in [2.24, 2.45) is 0 Å². The highest BCUT2D eigenvalue weighted by atomic mass is 35.5. The van der Waals surface area contributed by atoms with Crippen molar-refractivity contribution >= 4 is 22.6 Å². The Morgan fingerprint density at radius 2 is 2.18 bits per heavy atom. The number of benzene rings is 1. The number of hydrogen-bond donors (Lipinski definition) is 0. The van der Waals surface area contributed by atoms with Crippen molar-refractivity contribution in [1.82, 2.24) is 9.55 Å². The van der Waals surface area contributed by atoms with E-state index < -0.39 is 0 Å². The van der Waals surface area contributed by atoms with Gasteiger partial charge in [0.1, 0.15) is 17.1 Å². The van der Waals surface area contributed by atoms with E-state index >= 15 is 0 Å². The van der Waals surface area contributed by atoms with Crippen molar-refractivity contribution in [3.05, 3.63) is 24.0 Å². The molecule has 17 heavy (non-hydrogen) atoms. The van der Waals surface area contributed by atoms with E-state index in [1.165, 1.54) is 0 Å². The minimum Gasteiger partial charge on any atom is -0.494 e. The van der Waals surface area contributed by atoms with E-state index in [-0.39, 0.29) is 0 Å². The zero-order valence-electron chi connectivity index (χ0n) is 9.94. The first kappa shape index (κ1) is 12.2. The molecule has 2 aromatic rings. The van der Waals surface area contributed by atoms with Crippen LogP contribution in [0.4, 0.5) is 0 Å². The normalized spacial score (nSPS) is 11.0. The predicted molar refractivity (Wildman–Crippen MR) is 67.7 cm³/mol. The number of para-hydroxylation sites is 1. The molecule has 1 aromatic carbocycles. The van der Waals surface area contributed by atoms with E-state index in [0.29, 0.717) is 12.5 Å². The standard InChI is InChI=1S/C12H15ClN2O2/c1-16-7-6-15-9-4-3-5-10(17-2)12(9)14-11(15)8-13/h3-5H,6-8H2,1-2H3. The maximum absolute atomic E-state index is 5.91. The largest absolute Gasteiger partial charge is 0.494 e. The zero-order valence-corrected chi connectivity index (χ0v) is 10.7. The third-order valence-electron chi connectivity index (χ3n) is 2.68. The Bertz CT molecular complexity index is 510. The average Bonchev–Trinajstić information content (AvgIpc) is 2.73. The molecule has 2 rings (SSSR count). The van der Waals surface area contributed by atoms with Gasteiger partial charge in [0.2, 0.25) is 0 Å². The van der Waals surface area contributed by atoms with Crippen LogP contribution in [0.15, 0.2) is 18.2 Å². The van der Waals surface area contributed by atoms with Crippen molar-refractivity contribution in [1.29, 1.82) is 0 Å². The maximum Gasteiger partial charge on any atom is 0.146 e. The molecule has 1 aromatic heterocycles. The molecule has 4 nitrogen and oxygen atoms in total. The maximum atomic E-state index is 5.91. The lowest BCUT2D eigenvalue weighted by Crippen LogP contribution is -2.07. The number of rotatable bonds is 5. The summed E-state index contributed by atoms with van der Waals surface area (Å²) in [4.78, 5) is 4.51. The summed E-state index contributed by atoms with van der Waals surface area (Å²) in [6.07, 6.45) is 0. The molecule has 0 bridgehead atoms. The summed E-state index contributed by atoms with van der Waals surface area (Å²) >= 11 is 5.91. The van der Waals surface area contributed by atoms with Gasteiger partial charge < -0.3 is 14.0 Å². The van der Waals surface area contributed by atoms with Crippen molar-refractivity contribution < 1.29 is 9.47 Å². The molecule has 0 radical (unpaired) electrons. The molecular weight excluding hydrogens is 240 g/mol. The van der Waals surface area contributed by atoms with Crippen LogP contribution in [0.1, 0.15) is 5.82 Å². The molecule has 0 N–H and O–H groups in total. The van der Waals surface area contributed by atoms with Gasteiger partial charge in [-0.05, 0) is 12.1 Å². The zero-order chi connectivity index (χ0) is 12.3. The number of methoxy groups -OCH3 is 2. The number of imidazole rings is 1.